The van der Waals surface area contributed by atoms with Crippen LogP contribution in [0.4, 0.5) is 10.6 Å². The molecule has 0 spiro atoms. The smallest absolute Gasteiger partial charge is 0.320 e. The number of nitrogens with zero attached hydrogens (tertiary/aromatic N) is 2. The van der Waals surface area contributed by atoms with Crippen LogP contribution in [0.15, 0.2) is 5.38 Å². The van der Waals surface area contributed by atoms with Gasteiger partial charge >= 0.3 is 6.03 Å². The minimum atomic E-state index is -0.394. The zero-order chi connectivity index (χ0) is 9.68. The van der Waals surface area contributed by atoms with E-state index in [0.29, 0.717) is 5.82 Å². The number of aliphatic hydroxyl groups is 1. The monoisotopic (exact) mass is 202 g/mol. The molecule has 0 aromatic carbocycles. The Hall–Kier alpha value is -1.21. The minimum Gasteiger partial charge on any atom is -0.394 e. The second-order valence-electron chi connectivity index (χ2n) is 2.47. The summed E-state index contributed by atoms with van der Waals surface area (Å²) in [6, 6.07) is -0.666. The molecule has 0 radical (unpaired) electrons. The molecular formula is C6H10N4O2S. The van der Waals surface area contributed by atoms with E-state index in [1.165, 1.54) is 0 Å². The van der Waals surface area contributed by atoms with Gasteiger partial charge in [0.2, 0.25) is 0 Å². The molecule has 0 saturated carbocycles. The third-order valence-electron chi connectivity index (χ3n) is 1.25. The van der Waals surface area contributed by atoms with Crippen LogP contribution in [0.2, 0.25) is 0 Å². The average molecular weight is 202 g/mol. The van der Waals surface area contributed by atoms with Crippen molar-refractivity contribution in [3.63, 3.8) is 0 Å². The van der Waals surface area contributed by atoms with Gasteiger partial charge in [0.1, 0.15) is 0 Å². The van der Waals surface area contributed by atoms with Gasteiger partial charge in [-0.05, 0) is 18.5 Å². The molecule has 13 heavy (non-hydrogen) atoms. The molecule has 1 aromatic heterocycles. The van der Waals surface area contributed by atoms with Crippen LogP contribution in [0.1, 0.15) is 6.92 Å². The summed E-state index contributed by atoms with van der Waals surface area (Å²) in [7, 11) is 0. The molecule has 1 atom stereocenters. The maximum Gasteiger partial charge on any atom is 0.320 e. The fraction of sp³-hybridized carbons (Fsp3) is 0.500. The lowest BCUT2D eigenvalue weighted by molar-refractivity contribution is 0.229. The molecule has 0 aliphatic rings. The van der Waals surface area contributed by atoms with Crippen LogP contribution in [0.5, 0.6) is 0 Å². The van der Waals surface area contributed by atoms with Crippen molar-refractivity contribution >= 4 is 23.4 Å². The van der Waals surface area contributed by atoms with Crippen molar-refractivity contribution in [2.24, 2.45) is 0 Å². The first-order chi connectivity index (χ1) is 6.22. The number of rotatable bonds is 3. The average Bonchev–Trinajstić information content (AvgIpc) is 2.56. The molecule has 3 N–H and O–H groups in total. The lowest BCUT2D eigenvalue weighted by atomic mass is 10.4. The first-order valence-corrected chi connectivity index (χ1v) is 4.51. The molecule has 0 aliphatic heterocycles. The van der Waals surface area contributed by atoms with Crippen LogP contribution >= 0.6 is 11.5 Å². The van der Waals surface area contributed by atoms with E-state index >= 15 is 0 Å². The molecule has 0 aliphatic carbocycles. The second-order valence-corrected chi connectivity index (χ2v) is 3.08. The predicted octanol–water partition coefficient (Wildman–Crippen LogP) is 0.0404. The van der Waals surface area contributed by atoms with E-state index in [1.807, 2.05) is 0 Å². The number of hydrogen-bond acceptors (Lipinski definition) is 5. The van der Waals surface area contributed by atoms with E-state index in [4.69, 9.17) is 5.11 Å². The number of aromatic nitrogens is 2. The van der Waals surface area contributed by atoms with Gasteiger partial charge in [0, 0.05) is 0 Å². The maximum atomic E-state index is 11.1. The van der Waals surface area contributed by atoms with Crippen LogP contribution in [0.25, 0.3) is 0 Å². The summed E-state index contributed by atoms with van der Waals surface area (Å²) in [5.74, 6) is 0.410. The van der Waals surface area contributed by atoms with E-state index < -0.39 is 6.03 Å². The molecule has 0 saturated heterocycles. The van der Waals surface area contributed by atoms with E-state index in [-0.39, 0.29) is 12.6 Å². The Bertz CT molecular complexity index is 264. The Kier molecular flexibility index (Phi) is 3.59. The number of nitrogens with one attached hydrogen (secondary N) is 2. The van der Waals surface area contributed by atoms with Crippen molar-refractivity contribution in [2.75, 3.05) is 11.9 Å². The summed E-state index contributed by atoms with van der Waals surface area (Å²) in [6.07, 6.45) is 0. The summed E-state index contributed by atoms with van der Waals surface area (Å²) >= 11 is 1.15. The molecule has 7 heteroatoms. The van der Waals surface area contributed by atoms with Gasteiger partial charge in [0.15, 0.2) is 5.82 Å². The van der Waals surface area contributed by atoms with E-state index in [2.05, 4.69) is 20.2 Å². The number of carbonyl (C=O) groups is 1. The molecule has 72 valence electrons. The Labute approximate surface area is 79.1 Å². The SMILES string of the molecule is C[C@@H](CO)NC(=O)Nc1csnn1. The van der Waals surface area contributed by atoms with E-state index in [1.54, 1.807) is 12.3 Å². The van der Waals surface area contributed by atoms with Crippen LogP contribution in [-0.2, 0) is 0 Å². The van der Waals surface area contributed by atoms with Gasteiger partial charge in [-0.25, -0.2) is 4.79 Å². The number of carbonyl (C=O) groups excluding carboxylic acids is 1. The lowest BCUT2D eigenvalue weighted by Crippen LogP contribution is -2.38. The minimum absolute atomic E-state index is 0.0945. The normalized spacial score (nSPS) is 12.2. The van der Waals surface area contributed by atoms with Crippen molar-refractivity contribution in [1.29, 1.82) is 0 Å². The highest BCUT2D eigenvalue weighted by Gasteiger charge is 2.06. The zero-order valence-corrected chi connectivity index (χ0v) is 7.84. The van der Waals surface area contributed by atoms with Gasteiger partial charge in [-0.1, -0.05) is 4.49 Å². The first-order valence-electron chi connectivity index (χ1n) is 3.68. The Morgan fingerprint density at radius 3 is 3.15 bits per heavy atom. The lowest BCUT2D eigenvalue weighted by Gasteiger charge is -2.09. The van der Waals surface area contributed by atoms with E-state index in [0.717, 1.165) is 11.5 Å². The van der Waals surface area contributed by atoms with Gasteiger partial charge in [-0.2, -0.15) is 0 Å². The second kappa shape index (κ2) is 4.73. The van der Waals surface area contributed by atoms with Gasteiger partial charge in [0.05, 0.1) is 18.0 Å². The summed E-state index contributed by atoms with van der Waals surface area (Å²) in [4.78, 5) is 11.1. The molecule has 0 unspecified atom stereocenters. The van der Waals surface area contributed by atoms with Gasteiger partial charge in [0.25, 0.3) is 0 Å². The third-order valence-corrected chi connectivity index (χ3v) is 1.76. The Balaban J connectivity index is 2.34. The maximum absolute atomic E-state index is 11.1. The topological polar surface area (TPSA) is 87.1 Å². The van der Waals surface area contributed by atoms with Crippen LogP contribution < -0.4 is 10.6 Å². The molecule has 0 bridgehead atoms. The molecule has 1 aromatic rings. The summed E-state index contributed by atoms with van der Waals surface area (Å²) in [6.45, 7) is 1.60. The highest BCUT2D eigenvalue weighted by atomic mass is 32.1. The number of aliphatic hydroxyl groups excluding tert-OH is 1. The van der Waals surface area contributed by atoms with E-state index in [9.17, 15) is 4.79 Å². The Morgan fingerprint density at radius 2 is 2.62 bits per heavy atom. The van der Waals surface area contributed by atoms with Crippen LogP contribution in [-0.4, -0.2) is 33.4 Å². The van der Waals surface area contributed by atoms with Gasteiger partial charge in [-0.3, -0.25) is 5.32 Å². The van der Waals surface area contributed by atoms with Crippen molar-refractivity contribution in [2.45, 2.75) is 13.0 Å². The zero-order valence-electron chi connectivity index (χ0n) is 7.02. The highest BCUT2D eigenvalue weighted by molar-refractivity contribution is 7.03. The fourth-order valence-electron chi connectivity index (χ4n) is 0.641. The third kappa shape index (κ3) is 3.34. The van der Waals surface area contributed by atoms with Crippen LogP contribution in [0.3, 0.4) is 0 Å². The Morgan fingerprint density at radius 1 is 1.85 bits per heavy atom. The number of amides is 2. The molecule has 6 nitrogen and oxygen atoms in total. The summed E-state index contributed by atoms with van der Waals surface area (Å²) in [5, 5.41) is 18.8. The largest absolute Gasteiger partial charge is 0.394 e. The summed E-state index contributed by atoms with van der Waals surface area (Å²) < 4.78 is 3.57. The van der Waals surface area contributed by atoms with Crippen molar-refractivity contribution in [3.8, 4) is 0 Å². The molecule has 1 heterocycles. The molecule has 2 amide bonds. The standard InChI is InChI=1S/C6H10N4O2S/c1-4(2-11)7-6(12)8-5-3-13-10-9-5/h3-4,11H,2H2,1H3,(H2,7,8,12)/t4-/m0/s1. The first kappa shape index (κ1) is 9.87. The number of anilines is 1. The predicted molar refractivity (Wildman–Crippen MR) is 48.6 cm³/mol. The molecule has 1 rings (SSSR count). The van der Waals surface area contributed by atoms with Crippen molar-refractivity contribution < 1.29 is 9.90 Å². The van der Waals surface area contributed by atoms with Crippen molar-refractivity contribution in [1.82, 2.24) is 14.9 Å². The molecule has 0 fully saturated rings. The van der Waals surface area contributed by atoms with Crippen LogP contribution in [0, 0.1) is 0 Å². The fourth-order valence-corrected chi connectivity index (χ4v) is 1.03. The number of hydrogen-bond donors (Lipinski definition) is 3. The van der Waals surface area contributed by atoms with Gasteiger partial charge in [-0.15, -0.1) is 5.10 Å². The highest BCUT2D eigenvalue weighted by Crippen LogP contribution is 2.02. The molecular weight excluding hydrogens is 192 g/mol. The number of urea groups is 1. The van der Waals surface area contributed by atoms with Gasteiger partial charge < -0.3 is 10.4 Å². The summed E-state index contributed by atoms with van der Waals surface area (Å²) in [5.41, 5.74) is 0. The van der Waals surface area contributed by atoms with Crippen molar-refractivity contribution in [3.05, 3.63) is 5.38 Å². The quantitative estimate of drug-likeness (QED) is 0.646.